The van der Waals surface area contributed by atoms with Crippen LogP contribution in [-0.4, -0.2) is 80.0 Å². The van der Waals surface area contributed by atoms with Crippen molar-refractivity contribution in [3.63, 3.8) is 0 Å². The summed E-state index contributed by atoms with van der Waals surface area (Å²) in [4.78, 5) is 46.3. The largest absolute Gasteiger partial charge is 0.384 e. The van der Waals surface area contributed by atoms with E-state index in [0.717, 1.165) is 37.1 Å². The van der Waals surface area contributed by atoms with Crippen LogP contribution in [0.25, 0.3) is 0 Å². The fourth-order valence-corrected chi connectivity index (χ4v) is 6.32. The summed E-state index contributed by atoms with van der Waals surface area (Å²) in [6.07, 6.45) is 3.81. The lowest BCUT2D eigenvalue weighted by Gasteiger charge is -2.38. The Bertz CT molecular complexity index is 921. The molecule has 4 aliphatic rings. The second-order valence-corrected chi connectivity index (χ2v) is 9.29. The number of carbonyl (C=O) groups excluding carboxylic acids is 3. The molecule has 0 saturated carbocycles. The van der Waals surface area contributed by atoms with E-state index in [2.05, 4.69) is 10.2 Å². The van der Waals surface area contributed by atoms with Crippen molar-refractivity contribution in [3.8, 4) is 0 Å². The normalized spacial score (nSPS) is 30.3. The number of methoxy groups -OCH3 is 1. The number of anilines is 1. The van der Waals surface area contributed by atoms with Crippen LogP contribution in [0.5, 0.6) is 0 Å². The van der Waals surface area contributed by atoms with E-state index < -0.39 is 5.54 Å². The lowest BCUT2D eigenvalue weighted by atomic mass is 9.78. The molecule has 32 heavy (non-hydrogen) atoms. The number of nitrogens with one attached hydrogen (secondary N) is 1. The molecule has 3 fully saturated rings. The predicted molar refractivity (Wildman–Crippen MR) is 119 cm³/mol. The molecule has 172 valence electrons. The number of carbonyl (C=O) groups is 3. The molecule has 0 radical (unpaired) electrons. The van der Waals surface area contributed by atoms with Gasteiger partial charge in [0.05, 0.1) is 18.9 Å². The van der Waals surface area contributed by atoms with E-state index in [1.165, 1.54) is 0 Å². The Balaban J connectivity index is 1.54. The van der Waals surface area contributed by atoms with Gasteiger partial charge in [0.1, 0.15) is 5.54 Å². The highest BCUT2D eigenvalue weighted by atomic mass is 16.5. The van der Waals surface area contributed by atoms with E-state index in [-0.39, 0.29) is 29.7 Å². The van der Waals surface area contributed by atoms with Crippen molar-refractivity contribution in [2.45, 2.75) is 43.7 Å². The Hall–Kier alpha value is -2.45. The number of hydrogen-bond acceptors (Lipinski definition) is 5. The molecule has 8 heteroatoms. The van der Waals surface area contributed by atoms with Gasteiger partial charge in [0, 0.05) is 50.6 Å². The Morgan fingerprint density at radius 1 is 1.16 bits per heavy atom. The van der Waals surface area contributed by atoms with Gasteiger partial charge in [-0.15, -0.1) is 0 Å². The molecule has 1 aromatic rings. The second-order valence-electron chi connectivity index (χ2n) is 9.29. The molecule has 3 amide bonds. The summed E-state index contributed by atoms with van der Waals surface area (Å²) >= 11 is 0. The summed E-state index contributed by atoms with van der Waals surface area (Å²) in [6, 6.07) is 8.18. The zero-order valence-corrected chi connectivity index (χ0v) is 18.7. The van der Waals surface area contributed by atoms with Gasteiger partial charge in [0.25, 0.3) is 5.91 Å². The van der Waals surface area contributed by atoms with E-state index in [4.69, 9.17) is 4.74 Å². The fraction of sp³-hybridized carbons (Fsp3) is 0.625. The van der Waals surface area contributed by atoms with Crippen molar-refractivity contribution in [2.24, 2.45) is 5.92 Å². The number of nitrogens with zero attached hydrogens (tertiary/aromatic N) is 3. The maximum absolute atomic E-state index is 14.2. The maximum atomic E-state index is 14.2. The molecule has 0 aromatic heterocycles. The van der Waals surface area contributed by atoms with E-state index in [1.54, 1.807) is 12.0 Å². The molecule has 1 spiro atoms. The minimum absolute atomic E-state index is 0.00638. The molecule has 4 aliphatic heterocycles. The summed E-state index contributed by atoms with van der Waals surface area (Å²) < 4.78 is 5.08. The van der Waals surface area contributed by atoms with Crippen molar-refractivity contribution < 1.29 is 19.1 Å². The van der Waals surface area contributed by atoms with Gasteiger partial charge in [-0.05, 0) is 38.3 Å². The molecule has 2 bridgehead atoms. The summed E-state index contributed by atoms with van der Waals surface area (Å²) in [6.45, 7) is 3.17. The number of benzene rings is 1. The van der Waals surface area contributed by atoms with Crippen molar-refractivity contribution in [1.82, 2.24) is 15.1 Å². The third kappa shape index (κ3) is 3.15. The van der Waals surface area contributed by atoms with Gasteiger partial charge in [-0.3, -0.25) is 19.3 Å². The maximum Gasteiger partial charge on any atom is 0.253 e. The smallest absolute Gasteiger partial charge is 0.253 e. The van der Waals surface area contributed by atoms with Crippen molar-refractivity contribution in [2.75, 3.05) is 51.3 Å². The summed E-state index contributed by atoms with van der Waals surface area (Å²) in [5.41, 5.74) is 0.906. The number of para-hydroxylation sites is 1. The molecule has 4 heterocycles. The van der Waals surface area contributed by atoms with Gasteiger partial charge in [-0.25, -0.2) is 0 Å². The molecule has 5 rings (SSSR count). The molecule has 1 aromatic carbocycles. The number of hydrogen-bond donors (Lipinski definition) is 1. The monoisotopic (exact) mass is 440 g/mol. The Kier molecular flexibility index (Phi) is 5.67. The average molecular weight is 441 g/mol. The zero-order valence-electron chi connectivity index (χ0n) is 18.7. The molecule has 8 nitrogen and oxygen atoms in total. The van der Waals surface area contributed by atoms with E-state index >= 15 is 0 Å². The second kappa shape index (κ2) is 8.48. The highest BCUT2D eigenvalue weighted by molar-refractivity contribution is 6.11. The van der Waals surface area contributed by atoms with Gasteiger partial charge < -0.3 is 19.9 Å². The minimum atomic E-state index is -0.925. The first kappa shape index (κ1) is 21.4. The summed E-state index contributed by atoms with van der Waals surface area (Å²) in [5, 5.41) is 3.09. The third-order valence-corrected chi connectivity index (χ3v) is 7.71. The van der Waals surface area contributed by atoms with Gasteiger partial charge in [0.2, 0.25) is 11.8 Å². The SMILES string of the molecule is COCCC(=O)N1CCCNC(=O)[C@@H]2C[C@@H]3CCCN3[C@@]23C(=O)N(CC1)c1ccccc13. The average Bonchev–Trinajstić information content (AvgIpc) is 3.45. The number of ether oxygens (including phenoxy) is 1. The van der Waals surface area contributed by atoms with Gasteiger partial charge >= 0.3 is 0 Å². The van der Waals surface area contributed by atoms with Crippen LogP contribution in [0.4, 0.5) is 5.69 Å². The van der Waals surface area contributed by atoms with Crippen molar-refractivity contribution >= 4 is 23.4 Å². The van der Waals surface area contributed by atoms with E-state index in [0.29, 0.717) is 45.6 Å². The van der Waals surface area contributed by atoms with Crippen LogP contribution in [0.15, 0.2) is 24.3 Å². The van der Waals surface area contributed by atoms with E-state index in [1.807, 2.05) is 29.2 Å². The Labute approximate surface area is 188 Å². The highest BCUT2D eigenvalue weighted by Crippen LogP contribution is 2.56. The molecule has 1 N–H and O–H groups in total. The quantitative estimate of drug-likeness (QED) is 0.761. The number of amides is 3. The van der Waals surface area contributed by atoms with Crippen LogP contribution in [-0.2, 0) is 24.7 Å². The van der Waals surface area contributed by atoms with Crippen LogP contribution in [0.1, 0.15) is 37.7 Å². The van der Waals surface area contributed by atoms with Gasteiger partial charge in [-0.2, -0.15) is 0 Å². The molecule has 0 unspecified atom stereocenters. The van der Waals surface area contributed by atoms with Crippen LogP contribution in [0.3, 0.4) is 0 Å². The van der Waals surface area contributed by atoms with Crippen LogP contribution in [0, 0.1) is 5.92 Å². The lowest BCUT2D eigenvalue weighted by Crippen LogP contribution is -2.57. The Morgan fingerprint density at radius 2 is 2.00 bits per heavy atom. The van der Waals surface area contributed by atoms with E-state index in [9.17, 15) is 14.4 Å². The topological polar surface area (TPSA) is 82.2 Å². The minimum Gasteiger partial charge on any atom is -0.384 e. The predicted octanol–water partition coefficient (Wildman–Crippen LogP) is 1.10. The number of rotatable bonds is 3. The zero-order chi connectivity index (χ0) is 22.3. The van der Waals surface area contributed by atoms with Crippen molar-refractivity contribution in [3.05, 3.63) is 29.8 Å². The summed E-state index contributed by atoms with van der Waals surface area (Å²) in [5.74, 6) is -0.413. The van der Waals surface area contributed by atoms with Gasteiger partial charge in [-0.1, -0.05) is 18.2 Å². The summed E-state index contributed by atoms with van der Waals surface area (Å²) in [7, 11) is 1.59. The van der Waals surface area contributed by atoms with Gasteiger partial charge in [0.15, 0.2) is 0 Å². The van der Waals surface area contributed by atoms with Crippen LogP contribution >= 0.6 is 0 Å². The third-order valence-electron chi connectivity index (χ3n) is 7.71. The molecule has 0 aliphatic carbocycles. The first-order valence-electron chi connectivity index (χ1n) is 11.8. The lowest BCUT2D eigenvalue weighted by molar-refractivity contribution is -0.139. The first-order chi connectivity index (χ1) is 15.6. The molecular weight excluding hydrogens is 408 g/mol. The molecular formula is C24H32N4O4. The Morgan fingerprint density at radius 3 is 2.84 bits per heavy atom. The van der Waals surface area contributed by atoms with Crippen LogP contribution in [0.2, 0.25) is 0 Å². The highest BCUT2D eigenvalue weighted by Gasteiger charge is 2.67. The fourth-order valence-electron chi connectivity index (χ4n) is 6.32. The molecule has 3 saturated heterocycles. The standard InChI is InChI=1S/C24H32N4O4/c1-32-15-9-21(29)26-11-5-10-25-22(30)19-16-17-6-4-12-28(17)24(19)18-7-2-3-8-20(18)27(14-13-26)23(24)31/h2-3,7-8,17,19H,4-6,9-16H2,1H3,(H,25,30)/t17-,19-,24+/m0/s1. The molecule has 3 atom stereocenters. The van der Waals surface area contributed by atoms with Crippen molar-refractivity contribution in [1.29, 1.82) is 0 Å². The number of fused-ring (bicyclic) bond motifs is 4. The first-order valence-corrected chi connectivity index (χ1v) is 11.8. The van der Waals surface area contributed by atoms with Crippen LogP contribution < -0.4 is 10.2 Å².